The zero-order valence-corrected chi connectivity index (χ0v) is 16.9. The molecule has 0 bridgehead atoms. The second-order valence-corrected chi connectivity index (χ2v) is 8.47. The lowest BCUT2D eigenvalue weighted by atomic mass is 9.87. The van der Waals surface area contributed by atoms with Crippen LogP contribution in [0.15, 0.2) is 53.7 Å². The van der Waals surface area contributed by atoms with Gasteiger partial charge in [0.2, 0.25) is 5.91 Å². The molecule has 6 heteroatoms. The Kier molecular flexibility index (Phi) is 5.65. The number of hydrogen-bond acceptors (Lipinski definition) is 4. The summed E-state index contributed by atoms with van der Waals surface area (Å²) in [4.78, 5) is 17.4. The number of hydrogen-bond donors (Lipinski definition) is 2. The Hall–Kier alpha value is -2.60. The van der Waals surface area contributed by atoms with Gasteiger partial charge in [-0.05, 0) is 42.2 Å². The molecule has 0 aliphatic carbocycles. The Balaban J connectivity index is 1.59. The molecular formula is C21H24N4OS. The van der Waals surface area contributed by atoms with E-state index in [0.29, 0.717) is 11.6 Å². The number of aromatic nitrogens is 3. The lowest BCUT2D eigenvalue weighted by Crippen LogP contribution is -2.15. The molecule has 0 saturated heterocycles. The van der Waals surface area contributed by atoms with Gasteiger partial charge in [0.15, 0.2) is 5.82 Å². The van der Waals surface area contributed by atoms with E-state index in [2.05, 4.69) is 65.5 Å². The number of aromatic amines is 1. The number of pyridine rings is 1. The minimum Gasteiger partial charge on any atom is -0.308 e. The fourth-order valence-electron chi connectivity index (χ4n) is 2.69. The van der Waals surface area contributed by atoms with Crippen molar-refractivity contribution >= 4 is 23.5 Å². The first-order valence-corrected chi connectivity index (χ1v) is 9.82. The van der Waals surface area contributed by atoms with Crippen molar-refractivity contribution in [3.05, 3.63) is 59.9 Å². The van der Waals surface area contributed by atoms with Crippen molar-refractivity contribution in [2.24, 2.45) is 0 Å². The molecular weight excluding hydrogens is 356 g/mol. The maximum atomic E-state index is 12.3. The molecule has 3 rings (SSSR count). The zero-order chi connectivity index (χ0) is 19.4. The van der Waals surface area contributed by atoms with Crippen LogP contribution < -0.4 is 5.32 Å². The van der Waals surface area contributed by atoms with Crippen LogP contribution in [0.5, 0.6) is 0 Å². The van der Waals surface area contributed by atoms with E-state index in [1.165, 1.54) is 17.3 Å². The summed E-state index contributed by atoms with van der Waals surface area (Å²) in [6, 6.07) is 12.2. The van der Waals surface area contributed by atoms with E-state index in [1.54, 1.807) is 12.4 Å². The topological polar surface area (TPSA) is 70.7 Å². The second-order valence-electron chi connectivity index (χ2n) is 7.42. The zero-order valence-electron chi connectivity index (χ0n) is 16.0. The summed E-state index contributed by atoms with van der Waals surface area (Å²) >= 11 is 1.52. The molecule has 2 heterocycles. The van der Waals surface area contributed by atoms with Crippen molar-refractivity contribution in [1.82, 2.24) is 15.2 Å². The summed E-state index contributed by atoms with van der Waals surface area (Å²) in [5.41, 5.74) is 4.20. The summed E-state index contributed by atoms with van der Waals surface area (Å²) in [6.07, 6.45) is 3.46. The summed E-state index contributed by atoms with van der Waals surface area (Å²) < 4.78 is 0. The third kappa shape index (κ3) is 4.77. The Morgan fingerprint density at radius 1 is 1.11 bits per heavy atom. The molecule has 0 unspecified atom stereocenters. The number of carbonyl (C=O) groups is 1. The first kappa shape index (κ1) is 19.2. The van der Waals surface area contributed by atoms with Crippen LogP contribution >= 0.6 is 11.8 Å². The van der Waals surface area contributed by atoms with Crippen molar-refractivity contribution in [1.29, 1.82) is 0 Å². The molecule has 0 aliphatic heterocycles. The first-order chi connectivity index (χ1) is 12.8. The third-order valence-corrected chi connectivity index (χ3v) is 5.34. The number of carbonyl (C=O) groups excluding carboxylic acids is 1. The molecule has 2 aromatic heterocycles. The highest BCUT2D eigenvalue weighted by Gasteiger charge is 2.15. The van der Waals surface area contributed by atoms with E-state index >= 15 is 0 Å². The number of benzene rings is 1. The molecule has 3 aromatic rings. The lowest BCUT2D eigenvalue weighted by molar-refractivity contribution is -0.113. The molecule has 0 atom stereocenters. The van der Waals surface area contributed by atoms with Gasteiger partial charge in [0.05, 0.1) is 11.4 Å². The number of thioether (sulfide) groups is 1. The van der Waals surface area contributed by atoms with Crippen molar-refractivity contribution < 1.29 is 4.79 Å². The maximum Gasteiger partial charge on any atom is 0.235 e. The molecule has 0 fully saturated rings. The number of H-pyrrole nitrogens is 1. The fourth-order valence-corrected chi connectivity index (χ4v) is 3.39. The summed E-state index contributed by atoms with van der Waals surface area (Å²) in [7, 11) is 0. The van der Waals surface area contributed by atoms with Crippen LogP contribution in [-0.4, -0.2) is 26.8 Å². The van der Waals surface area contributed by atoms with Crippen LogP contribution in [0.3, 0.4) is 0 Å². The van der Waals surface area contributed by atoms with Crippen LogP contribution in [0.2, 0.25) is 0 Å². The summed E-state index contributed by atoms with van der Waals surface area (Å²) in [5.74, 6) is 0.831. The fraction of sp³-hybridized carbons (Fsp3) is 0.286. The van der Waals surface area contributed by atoms with Gasteiger partial charge >= 0.3 is 0 Å². The molecule has 27 heavy (non-hydrogen) atoms. The van der Waals surface area contributed by atoms with Crippen LogP contribution in [0, 0.1) is 6.92 Å². The van der Waals surface area contributed by atoms with Gasteiger partial charge < -0.3 is 5.32 Å². The van der Waals surface area contributed by atoms with Gasteiger partial charge in [0, 0.05) is 28.4 Å². The minimum atomic E-state index is -0.0734. The quantitative estimate of drug-likeness (QED) is 0.623. The van der Waals surface area contributed by atoms with Gasteiger partial charge in [0.25, 0.3) is 0 Å². The van der Waals surface area contributed by atoms with E-state index in [0.717, 1.165) is 21.7 Å². The smallest absolute Gasteiger partial charge is 0.235 e. The van der Waals surface area contributed by atoms with Crippen molar-refractivity contribution in [3.63, 3.8) is 0 Å². The maximum absolute atomic E-state index is 12.3. The first-order valence-electron chi connectivity index (χ1n) is 8.83. The molecule has 0 spiro atoms. The van der Waals surface area contributed by atoms with E-state index < -0.39 is 0 Å². The van der Waals surface area contributed by atoms with Crippen LogP contribution in [0.4, 0.5) is 5.82 Å². The molecule has 0 aliphatic rings. The predicted octanol–water partition coefficient (Wildman–Crippen LogP) is 4.81. The molecule has 2 N–H and O–H groups in total. The highest BCUT2D eigenvalue weighted by atomic mass is 32.2. The second kappa shape index (κ2) is 7.96. The number of nitrogens with one attached hydrogen (secondary N) is 2. The number of rotatable bonds is 5. The highest BCUT2D eigenvalue weighted by Crippen LogP contribution is 2.27. The average molecular weight is 381 g/mol. The van der Waals surface area contributed by atoms with Crippen LogP contribution in [0.1, 0.15) is 31.9 Å². The molecule has 1 aromatic carbocycles. The van der Waals surface area contributed by atoms with Gasteiger partial charge in [-0.15, -0.1) is 11.8 Å². The lowest BCUT2D eigenvalue weighted by Gasteiger charge is -2.19. The third-order valence-electron chi connectivity index (χ3n) is 4.33. The Labute approximate surface area is 164 Å². The summed E-state index contributed by atoms with van der Waals surface area (Å²) in [6.45, 7) is 8.51. The minimum absolute atomic E-state index is 0.0734. The van der Waals surface area contributed by atoms with E-state index in [-0.39, 0.29) is 11.3 Å². The predicted molar refractivity (Wildman–Crippen MR) is 111 cm³/mol. The average Bonchev–Trinajstić information content (AvgIpc) is 3.01. The van der Waals surface area contributed by atoms with Gasteiger partial charge in [-0.3, -0.25) is 14.9 Å². The normalized spacial score (nSPS) is 11.4. The van der Waals surface area contributed by atoms with Crippen molar-refractivity contribution in [2.75, 3.05) is 11.1 Å². The van der Waals surface area contributed by atoms with Gasteiger partial charge in [0.1, 0.15) is 0 Å². The molecule has 0 saturated carbocycles. The van der Waals surface area contributed by atoms with E-state index in [9.17, 15) is 4.79 Å². The Bertz CT molecular complexity index is 912. The van der Waals surface area contributed by atoms with E-state index in [4.69, 9.17) is 0 Å². The standard InChI is InChI=1S/C21H24N4OS/c1-14-19(15-9-11-22-12-10-15)24-25-20(14)23-18(26)13-27-17-7-5-16(6-8-17)21(2,3)4/h5-12H,13H2,1-4H3,(H2,23,24,25,26). The summed E-state index contributed by atoms with van der Waals surface area (Å²) in [5, 5.41) is 10.1. The van der Waals surface area contributed by atoms with Gasteiger partial charge in [-0.2, -0.15) is 5.10 Å². The molecule has 1 amide bonds. The Morgan fingerprint density at radius 3 is 2.41 bits per heavy atom. The van der Waals surface area contributed by atoms with Crippen LogP contribution in [-0.2, 0) is 10.2 Å². The SMILES string of the molecule is Cc1c(NC(=O)CSc2ccc(C(C)(C)C)cc2)n[nH]c1-c1ccncc1. The molecule has 5 nitrogen and oxygen atoms in total. The number of nitrogens with zero attached hydrogens (tertiary/aromatic N) is 2. The molecule has 0 radical (unpaired) electrons. The Morgan fingerprint density at radius 2 is 1.78 bits per heavy atom. The molecule has 140 valence electrons. The monoisotopic (exact) mass is 380 g/mol. The number of amides is 1. The van der Waals surface area contributed by atoms with Crippen LogP contribution in [0.25, 0.3) is 11.3 Å². The number of anilines is 1. The van der Waals surface area contributed by atoms with Gasteiger partial charge in [-0.25, -0.2) is 0 Å². The van der Waals surface area contributed by atoms with E-state index in [1.807, 2.05) is 19.1 Å². The highest BCUT2D eigenvalue weighted by molar-refractivity contribution is 8.00. The largest absolute Gasteiger partial charge is 0.308 e. The van der Waals surface area contributed by atoms with Crippen molar-refractivity contribution in [2.45, 2.75) is 38.0 Å². The van der Waals surface area contributed by atoms with Crippen molar-refractivity contribution in [3.8, 4) is 11.3 Å². The van der Waals surface area contributed by atoms with Gasteiger partial charge in [-0.1, -0.05) is 32.9 Å².